The van der Waals surface area contributed by atoms with E-state index in [4.69, 9.17) is 9.47 Å². The summed E-state index contributed by atoms with van der Waals surface area (Å²) in [5.41, 5.74) is 0.995. The van der Waals surface area contributed by atoms with Crippen molar-refractivity contribution in [1.82, 2.24) is 16.0 Å². The van der Waals surface area contributed by atoms with Gasteiger partial charge in [0.15, 0.2) is 5.78 Å². The number of Topliss-reactive ketones (excluding diaryl/α,β-unsaturated/α-hetero) is 1. The first-order chi connectivity index (χ1) is 19.6. The predicted octanol–water partition coefficient (Wildman–Crippen LogP) is 2.95. The number of ether oxygens (including phenoxy) is 2. The van der Waals surface area contributed by atoms with Crippen molar-refractivity contribution in [2.24, 2.45) is 0 Å². The van der Waals surface area contributed by atoms with Crippen LogP contribution in [0.4, 0.5) is 4.79 Å². The third kappa shape index (κ3) is 8.15. The summed E-state index contributed by atoms with van der Waals surface area (Å²) >= 11 is 0. The highest BCUT2D eigenvalue weighted by molar-refractivity contribution is 5.99. The molecule has 4 N–H and O–H groups in total. The molecule has 41 heavy (non-hydrogen) atoms. The Balaban J connectivity index is 1.46. The number of rotatable bonds is 12. The first-order valence-electron chi connectivity index (χ1n) is 13.2. The van der Waals surface area contributed by atoms with E-state index in [1.807, 2.05) is 60.7 Å². The van der Waals surface area contributed by atoms with Crippen molar-refractivity contribution < 1.29 is 33.8 Å². The molecule has 0 saturated carbocycles. The summed E-state index contributed by atoms with van der Waals surface area (Å²) in [5.74, 6) is -1.55. The Bertz CT molecular complexity index is 1360. The maximum Gasteiger partial charge on any atom is 0.408 e. The van der Waals surface area contributed by atoms with E-state index in [0.29, 0.717) is 5.56 Å². The number of phenols is 1. The van der Waals surface area contributed by atoms with Crippen molar-refractivity contribution in [1.29, 1.82) is 0 Å². The molecule has 3 aromatic carbocycles. The molecule has 4 atom stereocenters. The molecule has 10 heteroatoms. The number of benzene rings is 3. The van der Waals surface area contributed by atoms with Gasteiger partial charge in [0.05, 0.1) is 6.61 Å². The van der Waals surface area contributed by atoms with Crippen molar-refractivity contribution in [3.63, 3.8) is 0 Å². The van der Waals surface area contributed by atoms with Crippen LogP contribution >= 0.6 is 0 Å². The van der Waals surface area contributed by atoms with Crippen LogP contribution in [0.5, 0.6) is 5.75 Å². The highest BCUT2D eigenvalue weighted by Crippen LogP contribution is 2.33. The van der Waals surface area contributed by atoms with Crippen LogP contribution in [0, 0.1) is 0 Å². The summed E-state index contributed by atoms with van der Waals surface area (Å²) in [7, 11) is 0. The Morgan fingerprint density at radius 1 is 0.854 bits per heavy atom. The molecule has 1 aliphatic heterocycles. The third-order valence-electron chi connectivity index (χ3n) is 6.73. The van der Waals surface area contributed by atoms with E-state index < -0.39 is 41.6 Å². The fourth-order valence-electron chi connectivity index (χ4n) is 4.13. The van der Waals surface area contributed by atoms with Crippen LogP contribution < -0.4 is 16.0 Å². The molecule has 1 saturated heterocycles. The number of aromatic hydroxyl groups is 1. The Hall–Kier alpha value is -4.70. The number of alkyl carbamates (subject to hydrolysis) is 1. The topological polar surface area (TPSA) is 146 Å². The lowest BCUT2D eigenvalue weighted by Crippen LogP contribution is -2.55. The summed E-state index contributed by atoms with van der Waals surface area (Å²) < 4.78 is 10.5. The van der Waals surface area contributed by atoms with Gasteiger partial charge in [0.1, 0.15) is 36.1 Å². The summed E-state index contributed by atoms with van der Waals surface area (Å²) in [4.78, 5) is 52.3. The van der Waals surface area contributed by atoms with Gasteiger partial charge in [-0.1, -0.05) is 72.8 Å². The van der Waals surface area contributed by atoms with Crippen LogP contribution in [0.3, 0.4) is 0 Å². The molecular weight excluding hydrogens is 526 g/mol. The van der Waals surface area contributed by atoms with Gasteiger partial charge in [-0.15, -0.1) is 0 Å². The average Bonchev–Trinajstić information content (AvgIpc) is 3.74. The lowest BCUT2D eigenvalue weighted by Gasteiger charge is -2.25. The highest BCUT2D eigenvalue weighted by Gasteiger charge is 2.50. The van der Waals surface area contributed by atoms with E-state index in [1.165, 1.54) is 19.1 Å². The zero-order valence-electron chi connectivity index (χ0n) is 22.8. The fraction of sp³-hybridized carbons (Fsp3) is 0.290. The first kappa shape index (κ1) is 29.3. The van der Waals surface area contributed by atoms with Crippen molar-refractivity contribution in [3.8, 4) is 5.75 Å². The summed E-state index contributed by atoms with van der Waals surface area (Å²) in [5, 5.41) is 17.6. The number of hydrogen-bond donors (Lipinski definition) is 4. The molecule has 0 aromatic heterocycles. The Morgan fingerprint density at radius 3 is 2.02 bits per heavy atom. The maximum absolute atomic E-state index is 13.6. The van der Waals surface area contributed by atoms with Gasteiger partial charge in [-0.25, -0.2) is 4.79 Å². The standard InChI is InChI=1S/C31H33N3O7/c1-20(32-30(39)40-18-22-11-7-4-8-12-22)28(37)33-25(17-21-9-5-3-6-10-21)29(38)34-26(27(36)31(2)19-41-31)23-13-15-24(35)16-14-23/h3-16,20,25-26,35H,17-19H2,1-2H3,(H,32,39)(H,33,37)(H,34,38)/t20-,25+,26+,31+/m1/s1. The van der Waals surface area contributed by atoms with Gasteiger partial charge in [-0.3, -0.25) is 14.4 Å². The molecule has 4 rings (SSSR count). The molecule has 0 bridgehead atoms. The second-order valence-electron chi connectivity index (χ2n) is 10.1. The summed E-state index contributed by atoms with van der Waals surface area (Å²) in [6.45, 7) is 3.38. The molecule has 1 aliphatic rings. The monoisotopic (exact) mass is 559 g/mol. The first-order valence-corrected chi connectivity index (χ1v) is 13.2. The van der Waals surface area contributed by atoms with Crippen molar-refractivity contribution >= 4 is 23.7 Å². The van der Waals surface area contributed by atoms with Gasteiger partial charge in [-0.05, 0) is 42.7 Å². The SMILES string of the molecule is C[C@@H](NC(=O)OCc1ccccc1)C(=O)N[C@@H](Cc1ccccc1)C(=O)N[C@H](C(=O)[C@]1(C)CO1)c1ccc(O)cc1. The summed E-state index contributed by atoms with van der Waals surface area (Å²) in [6, 6.07) is 21.0. The van der Waals surface area contributed by atoms with Crippen LogP contribution in [0.15, 0.2) is 84.9 Å². The van der Waals surface area contributed by atoms with E-state index >= 15 is 0 Å². The minimum Gasteiger partial charge on any atom is -0.508 e. The highest BCUT2D eigenvalue weighted by atomic mass is 16.6. The average molecular weight is 560 g/mol. The minimum absolute atomic E-state index is 0.0122. The normalized spacial score (nSPS) is 17.8. The van der Waals surface area contributed by atoms with E-state index in [0.717, 1.165) is 11.1 Å². The van der Waals surface area contributed by atoms with Gasteiger partial charge in [0.25, 0.3) is 0 Å². The second-order valence-corrected chi connectivity index (χ2v) is 10.1. The van der Waals surface area contributed by atoms with Gasteiger partial charge >= 0.3 is 6.09 Å². The Labute approximate surface area is 238 Å². The lowest BCUT2D eigenvalue weighted by molar-refractivity contribution is -0.133. The zero-order chi connectivity index (χ0) is 29.4. The van der Waals surface area contributed by atoms with Crippen molar-refractivity contribution in [3.05, 3.63) is 102 Å². The molecule has 0 spiro atoms. The number of ketones is 1. The van der Waals surface area contributed by atoms with Gasteiger partial charge in [0.2, 0.25) is 11.8 Å². The minimum atomic E-state index is -1.07. The smallest absolute Gasteiger partial charge is 0.408 e. The van der Waals surface area contributed by atoms with Crippen LogP contribution in [-0.4, -0.2) is 53.1 Å². The van der Waals surface area contributed by atoms with Crippen LogP contribution in [0.25, 0.3) is 0 Å². The predicted molar refractivity (Wildman–Crippen MR) is 150 cm³/mol. The molecular formula is C31H33N3O7. The van der Waals surface area contributed by atoms with Crippen LogP contribution in [0.2, 0.25) is 0 Å². The molecule has 3 aromatic rings. The quantitative estimate of drug-likeness (QED) is 0.250. The fourth-order valence-corrected chi connectivity index (χ4v) is 4.13. The lowest BCUT2D eigenvalue weighted by atomic mass is 9.93. The summed E-state index contributed by atoms with van der Waals surface area (Å²) in [6.07, 6.45) is -0.648. The van der Waals surface area contributed by atoms with Crippen molar-refractivity contribution in [2.75, 3.05) is 6.61 Å². The Kier molecular flexibility index (Phi) is 9.36. The molecule has 0 radical (unpaired) electrons. The molecule has 1 heterocycles. The van der Waals surface area contributed by atoms with E-state index in [1.54, 1.807) is 19.1 Å². The second kappa shape index (κ2) is 13.1. The number of carbonyl (C=O) groups excluding carboxylic acids is 4. The molecule has 0 unspecified atom stereocenters. The number of epoxide rings is 1. The van der Waals surface area contributed by atoms with E-state index in [2.05, 4.69) is 16.0 Å². The van der Waals surface area contributed by atoms with Gasteiger partial charge in [0, 0.05) is 6.42 Å². The molecule has 0 aliphatic carbocycles. The number of phenolic OH excluding ortho intramolecular Hbond substituents is 1. The number of nitrogens with one attached hydrogen (secondary N) is 3. The van der Waals surface area contributed by atoms with Gasteiger partial charge in [-0.2, -0.15) is 0 Å². The van der Waals surface area contributed by atoms with Crippen molar-refractivity contribution in [2.45, 2.75) is 50.6 Å². The Morgan fingerprint density at radius 2 is 1.44 bits per heavy atom. The van der Waals surface area contributed by atoms with Crippen LogP contribution in [-0.2, 0) is 36.9 Å². The largest absolute Gasteiger partial charge is 0.508 e. The number of hydrogen-bond acceptors (Lipinski definition) is 7. The third-order valence-corrected chi connectivity index (χ3v) is 6.73. The van der Waals surface area contributed by atoms with Gasteiger partial charge < -0.3 is 30.5 Å². The molecule has 3 amide bonds. The number of carbonyl (C=O) groups is 4. The molecule has 10 nitrogen and oxygen atoms in total. The molecule has 214 valence electrons. The van der Waals surface area contributed by atoms with Crippen LogP contribution in [0.1, 0.15) is 36.6 Å². The number of amides is 3. The zero-order valence-corrected chi connectivity index (χ0v) is 22.8. The van der Waals surface area contributed by atoms with E-state index in [9.17, 15) is 24.3 Å². The molecule has 1 fully saturated rings. The van der Waals surface area contributed by atoms with E-state index in [-0.39, 0.29) is 31.2 Å². The maximum atomic E-state index is 13.6.